The Balaban J connectivity index is 1.44. The Morgan fingerprint density at radius 1 is 0.927 bits per heavy atom. The fourth-order valence-electron chi connectivity index (χ4n) is 4.54. The number of anilines is 2. The minimum Gasteiger partial charge on any atom is -0.444 e. The van der Waals surface area contributed by atoms with Crippen LogP contribution in [0, 0.1) is 6.92 Å². The van der Waals surface area contributed by atoms with Crippen molar-refractivity contribution in [3.8, 4) is 11.1 Å². The number of carbonyl (C=O) groups is 2. The molecule has 0 bridgehead atoms. The van der Waals surface area contributed by atoms with Gasteiger partial charge in [-0.2, -0.15) is 0 Å². The number of amides is 2. The first-order chi connectivity index (χ1) is 19.3. The zero-order valence-electron chi connectivity index (χ0n) is 24.1. The first-order valence-corrected chi connectivity index (χ1v) is 16.5. The first kappa shape index (κ1) is 30.6. The highest BCUT2D eigenvalue weighted by Crippen LogP contribution is 2.32. The predicted molar refractivity (Wildman–Crippen MR) is 167 cm³/mol. The predicted octanol–water partition coefficient (Wildman–Crippen LogP) is 6.21. The van der Waals surface area contributed by atoms with Crippen molar-refractivity contribution in [2.24, 2.45) is 0 Å². The number of hydrogen-bond donors (Lipinski definition) is 2. The molecule has 2 N–H and O–H groups in total. The van der Waals surface area contributed by atoms with Gasteiger partial charge in [0, 0.05) is 35.9 Å². The molecule has 41 heavy (non-hydrogen) atoms. The highest BCUT2D eigenvalue weighted by atomic mass is 32.2. The summed E-state index contributed by atoms with van der Waals surface area (Å²) in [5, 5.41) is 5.78. The zero-order chi connectivity index (χ0) is 29.8. The third-order valence-electron chi connectivity index (χ3n) is 6.70. The van der Waals surface area contributed by atoms with Crippen LogP contribution < -0.4 is 10.6 Å². The number of thioether (sulfide) groups is 1. The Morgan fingerprint density at radius 2 is 1.59 bits per heavy atom. The molecule has 1 heterocycles. The van der Waals surface area contributed by atoms with Gasteiger partial charge < -0.3 is 10.1 Å². The number of hydrogen-bond acceptors (Lipinski definition) is 7. The number of aryl methyl sites for hydroxylation is 1. The summed E-state index contributed by atoms with van der Waals surface area (Å²) >= 11 is 1.49. The van der Waals surface area contributed by atoms with Gasteiger partial charge in [0.2, 0.25) is 0 Å². The minimum absolute atomic E-state index is 0.200. The molecular weight excluding hydrogens is 558 g/mol. The van der Waals surface area contributed by atoms with E-state index in [4.69, 9.17) is 4.74 Å². The summed E-state index contributed by atoms with van der Waals surface area (Å²) in [5.74, 6) is 0.198. The molecule has 2 amide bonds. The summed E-state index contributed by atoms with van der Waals surface area (Å²) in [6.07, 6.45) is 1.42. The van der Waals surface area contributed by atoms with Crippen molar-refractivity contribution >= 4 is 45.0 Å². The van der Waals surface area contributed by atoms with Gasteiger partial charge in [0.25, 0.3) is 5.91 Å². The van der Waals surface area contributed by atoms with Crippen molar-refractivity contribution in [2.75, 3.05) is 41.5 Å². The normalized spacial score (nSPS) is 15.2. The van der Waals surface area contributed by atoms with Crippen molar-refractivity contribution in [1.29, 1.82) is 0 Å². The van der Waals surface area contributed by atoms with Gasteiger partial charge in [0.1, 0.15) is 5.60 Å². The molecule has 0 aliphatic carbocycles. The number of nitrogens with zero attached hydrogens (tertiary/aromatic N) is 1. The molecule has 8 nitrogen and oxygen atoms in total. The van der Waals surface area contributed by atoms with E-state index in [1.807, 2.05) is 94.6 Å². The maximum Gasteiger partial charge on any atom is 0.412 e. The summed E-state index contributed by atoms with van der Waals surface area (Å²) in [6.45, 7) is 9.21. The number of ether oxygens (including phenoxy) is 1. The molecule has 218 valence electrons. The molecule has 0 radical (unpaired) electrons. The fourth-order valence-corrected chi connectivity index (χ4v) is 6.44. The Morgan fingerprint density at radius 3 is 2.22 bits per heavy atom. The van der Waals surface area contributed by atoms with Gasteiger partial charge in [0.05, 0.1) is 17.1 Å². The van der Waals surface area contributed by atoms with Gasteiger partial charge >= 0.3 is 6.09 Å². The Kier molecular flexibility index (Phi) is 9.46. The van der Waals surface area contributed by atoms with Gasteiger partial charge in [0.15, 0.2) is 9.84 Å². The average Bonchev–Trinajstić information content (AvgIpc) is 2.90. The summed E-state index contributed by atoms with van der Waals surface area (Å²) in [5.41, 5.74) is 5.28. The topological polar surface area (TPSA) is 105 Å². The molecule has 0 aromatic heterocycles. The number of sulfone groups is 1. The quantitative estimate of drug-likeness (QED) is 0.313. The van der Waals surface area contributed by atoms with Gasteiger partial charge in [-0.25, -0.2) is 13.2 Å². The van der Waals surface area contributed by atoms with E-state index >= 15 is 0 Å². The second-order valence-electron chi connectivity index (χ2n) is 11.2. The Bertz CT molecular complexity index is 1520. The smallest absolute Gasteiger partial charge is 0.412 e. The van der Waals surface area contributed by atoms with E-state index in [0.717, 1.165) is 27.1 Å². The van der Waals surface area contributed by atoms with E-state index in [1.54, 1.807) is 0 Å². The summed E-state index contributed by atoms with van der Waals surface area (Å²) in [7, 11) is -2.90. The highest BCUT2D eigenvalue weighted by Gasteiger charge is 2.22. The van der Waals surface area contributed by atoms with Crippen molar-refractivity contribution < 1.29 is 22.7 Å². The summed E-state index contributed by atoms with van der Waals surface area (Å²) in [4.78, 5) is 28.4. The van der Waals surface area contributed by atoms with Crippen LogP contribution in [0.1, 0.15) is 42.3 Å². The second kappa shape index (κ2) is 12.7. The van der Waals surface area contributed by atoms with Crippen LogP contribution in [-0.4, -0.2) is 61.8 Å². The monoisotopic (exact) mass is 595 g/mol. The van der Waals surface area contributed by atoms with E-state index in [0.29, 0.717) is 36.6 Å². The molecule has 1 saturated heterocycles. The van der Waals surface area contributed by atoms with Gasteiger partial charge in [-0.1, -0.05) is 24.3 Å². The van der Waals surface area contributed by atoms with Crippen LogP contribution in [-0.2, 0) is 21.1 Å². The van der Waals surface area contributed by atoms with Crippen molar-refractivity contribution in [2.45, 2.75) is 44.7 Å². The SMILES string of the molecule is CSc1cc(-c2cc(NC(=O)OC(C)(C)C)ccc2C)ccc1C(=O)Nc1ccc(CN2CCS(=O)(=O)CC2)cc1. The van der Waals surface area contributed by atoms with Gasteiger partial charge in [-0.15, -0.1) is 11.8 Å². The highest BCUT2D eigenvalue weighted by molar-refractivity contribution is 7.98. The van der Waals surface area contributed by atoms with E-state index < -0.39 is 21.5 Å². The van der Waals surface area contributed by atoms with Crippen molar-refractivity contribution in [3.05, 3.63) is 77.4 Å². The minimum atomic E-state index is -2.90. The van der Waals surface area contributed by atoms with E-state index in [1.165, 1.54) is 11.8 Å². The molecule has 10 heteroatoms. The zero-order valence-corrected chi connectivity index (χ0v) is 25.7. The van der Waals surface area contributed by atoms with E-state index in [2.05, 4.69) is 15.5 Å². The van der Waals surface area contributed by atoms with Crippen LogP contribution in [0.4, 0.5) is 16.2 Å². The Hall–Kier alpha value is -3.34. The molecule has 3 aromatic rings. The maximum absolute atomic E-state index is 13.2. The molecule has 1 aliphatic heterocycles. The molecule has 0 spiro atoms. The molecule has 0 unspecified atom stereocenters. The number of benzene rings is 3. The molecular formula is C31H37N3O5S2. The standard InChI is InChI=1S/C31H37N3O5S2/c1-21-6-10-25(33-30(36)39-31(2,3)4)19-27(21)23-9-13-26(28(18-23)40-5)29(35)32-24-11-7-22(8-12-24)20-34-14-16-41(37,38)17-15-34/h6-13,18-19H,14-17,20H2,1-5H3,(H,32,35)(H,33,36). The average molecular weight is 596 g/mol. The number of carbonyl (C=O) groups excluding carboxylic acids is 2. The first-order valence-electron chi connectivity index (χ1n) is 13.4. The lowest BCUT2D eigenvalue weighted by Gasteiger charge is -2.26. The molecule has 0 saturated carbocycles. The second-order valence-corrected chi connectivity index (χ2v) is 14.3. The number of rotatable bonds is 7. The lowest BCUT2D eigenvalue weighted by atomic mass is 9.98. The van der Waals surface area contributed by atoms with E-state index in [-0.39, 0.29) is 17.4 Å². The van der Waals surface area contributed by atoms with Gasteiger partial charge in [-0.05, 0) is 92.6 Å². The lowest BCUT2D eigenvalue weighted by Crippen LogP contribution is -2.39. The third-order valence-corrected chi connectivity index (χ3v) is 9.08. The summed E-state index contributed by atoms with van der Waals surface area (Å²) < 4.78 is 28.7. The maximum atomic E-state index is 13.2. The van der Waals surface area contributed by atoms with Crippen molar-refractivity contribution in [1.82, 2.24) is 4.90 Å². The van der Waals surface area contributed by atoms with Crippen molar-refractivity contribution in [3.63, 3.8) is 0 Å². The lowest BCUT2D eigenvalue weighted by molar-refractivity contribution is 0.0635. The third kappa shape index (κ3) is 8.58. The van der Waals surface area contributed by atoms with Gasteiger partial charge in [-0.3, -0.25) is 15.0 Å². The molecule has 0 atom stereocenters. The van der Waals surface area contributed by atoms with Crippen LogP contribution in [0.5, 0.6) is 0 Å². The molecule has 1 fully saturated rings. The van der Waals surface area contributed by atoms with Crippen LogP contribution in [0.15, 0.2) is 65.6 Å². The molecule has 4 rings (SSSR count). The van der Waals surface area contributed by atoms with Crippen LogP contribution >= 0.6 is 11.8 Å². The van der Waals surface area contributed by atoms with E-state index in [9.17, 15) is 18.0 Å². The molecule has 3 aromatic carbocycles. The number of nitrogens with one attached hydrogen (secondary N) is 2. The fraction of sp³-hybridized carbons (Fsp3) is 0.355. The van der Waals surface area contributed by atoms with Crippen LogP contribution in [0.3, 0.4) is 0 Å². The Labute approximate surface area is 246 Å². The summed E-state index contributed by atoms with van der Waals surface area (Å²) in [6, 6.07) is 19.1. The van der Waals surface area contributed by atoms with Crippen LogP contribution in [0.2, 0.25) is 0 Å². The largest absolute Gasteiger partial charge is 0.444 e. The molecule has 1 aliphatic rings. The van der Waals surface area contributed by atoms with Crippen LogP contribution in [0.25, 0.3) is 11.1 Å².